The van der Waals surface area contributed by atoms with Gasteiger partial charge in [0.05, 0.1) is 29.5 Å². The molecule has 0 bridgehead atoms. The molecule has 0 fully saturated rings. The summed E-state index contributed by atoms with van der Waals surface area (Å²) in [4.78, 5) is 32.2. The van der Waals surface area contributed by atoms with Crippen LogP contribution in [0.3, 0.4) is 0 Å². The number of carbonyl (C=O) groups excluding carboxylic acids is 2. The van der Waals surface area contributed by atoms with Gasteiger partial charge in [-0.1, -0.05) is 30.3 Å². The van der Waals surface area contributed by atoms with Gasteiger partial charge in [-0.2, -0.15) is 5.10 Å². The van der Waals surface area contributed by atoms with Crippen molar-refractivity contribution >= 4 is 22.8 Å². The third-order valence-corrected chi connectivity index (χ3v) is 5.34. The summed E-state index contributed by atoms with van der Waals surface area (Å²) in [6.07, 6.45) is 1.56. The van der Waals surface area contributed by atoms with Gasteiger partial charge in [0.2, 0.25) is 5.91 Å². The molecule has 0 aliphatic heterocycles. The highest BCUT2D eigenvalue weighted by Gasteiger charge is 2.21. The molecule has 0 radical (unpaired) electrons. The lowest BCUT2D eigenvalue weighted by Crippen LogP contribution is -2.39. The average molecular weight is 431 g/mol. The predicted octanol–water partition coefficient (Wildman–Crippen LogP) is 3.32. The first-order valence-corrected chi connectivity index (χ1v) is 10.5. The second-order valence-electron chi connectivity index (χ2n) is 7.52. The highest BCUT2D eigenvalue weighted by Crippen LogP contribution is 2.27. The van der Waals surface area contributed by atoms with Crippen molar-refractivity contribution in [1.82, 2.24) is 25.0 Å². The van der Waals surface area contributed by atoms with Crippen LogP contribution in [0.4, 0.5) is 0 Å². The molecule has 8 nitrogen and oxygen atoms in total. The van der Waals surface area contributed by atoms with Crippen molar-refractivity contribution in [2.24, 2.45) is 7.05 Å². The van der Waals surface area contributed by atoms with Crippen LogP contribution in [0.15, 0.2) is 59.2 Å². The molecule has 0 aliphatic carbocycles. The molecule has 1 aromatic carbocycles. The third kappa shape index (κ3) is 4.25. The summed E-state index contributed by atoms with van der Waals surface area (Å²) in [6.45, 7) is 4.70. The Morgan fingerprint density at radius 2 is 1.94 bits per heavy atom. The highest BCUT2D eigenvalue weighted by atomic mass is 16.3. The van der Waals surface area contributed by atoms with Crippen molar-refractivity contribution in [3.05, 3.63) is 71.6 Å². The summed E-state index contributed by atoms with van der Waals surface area (Å²) in [5, 5.41) is 7.84. The molecule has 3 heterocycles. The molecule has 0 saturated heterocycles. The molecule has 8 heteroatoms. The minimum atomic E-state index is -0.356. The standard InChI is InChI=1S/C24H25N5O3/c1-4-29(15-17-9-6-5-7-10-17)21(30)14-25-24(31)18-13-19(20-11-8-12-32-20)26-23-22(18)16(2)27-28(23)3/h5-13H,4,14-15H2,1-3H3,(H,25,31). The Hall–Kier alpha value is -3.94. The van der Waals surface area contributed by atoms with Gasteiger partial charge in [0.15, 0.2) is 11.4 Å². The number of furan rings is 1. The van der Waals surface area contributed by atoms with Gasteiger partial charge in [-0.3, -0.25) is 14.3 Å². The Morgan fingerprint density at radius 3 is 2.62 bits per heavy atom. The summed E-state index contributed by atoms with van der Waals surface area (Å²) in [5.41, 5.74) is 3.25. The first-order valence-electron chi connectivity index (χ1n) is 10.5. The van der Waals surface area contributed by atoms with Gasteiger partial charge in [0.1, 0.15) is 5.69 Å². The molecule has 0 unspecified atom stereocenters. The maximum atomic E-state index is 13.1. The number of aromatic nitrogens is 3. The fourth-order valence-electron chi connectivity index (χ4n) is 3.72. The second kappa shape index (κ2) is 9.05. The second-order valence-corrected chi connectivity index (χ2v) is 7.52. The summed E-state index contributed by atoms with van der Waals surface area (Å²) < 4.78 is 7.10. The van der Waals surface area contributed by atoms with Gasteiger partial charge in [0, 0.05) is 20.1 Å². The molecule has 2 amide bonds. The van der Waals surface area contributed by atoms with Crippen LogP contribution < -0.4 is 5.32 Å². The number of rotatable bonds is 7. The van der Waals surface area contributed by atoms with Crippen molar-refractivity contribution in [3.8, 4) is 11.5 Å². The molecule has 0 saturated carbocycles. The molecule has 0 spiro atoms. The normalized spacial score (nSPS) is 11.0. The lowest BCUT2D eigenvalue weighted by atomic mass is 10.1. The Kier molecular flexibility index (Phi) is 6.02. The monoisotopic (exact) mass is 431 g/mol. The van der Waals surface area contributed by atoms with Crippen LogP contribution >= 0.6 is 0 Å². The maximum Gasteiger partial charge on any atom is 0.252 e. The number of hydrogen-bond donors (Lipinski definition) is 1. The van der Waals surface area contributed by atoms with Crippen LogP contribution in [0.5, 0.6) is 0 Å². The minimum absolute atomic E-state index is 0.0985. The van der Waals surface area contributed by atoms with E-state index < -0.39 is 0 Å². The number of carbonyl (C=O) groups is 2. The number of fused-ring (bicyclic) bond motifs is 1. The summed E-state index contributed by atoms with van der Waals surface area (Å²) in [6, 6.07) is 15.0. The summed E-state index contributed by atoms with van der Waals surface area (Å²) in [5.74, 6) is 0.0467. The van der Waals surface area contributed by atoms with E-state index in [-0.39, 0.29) is 18.4 Å². The molecule has 1 N–H and O–H groups in total. The van der Waals surface area contributed by atoms with Gasteiger partial charge in [0.25, 0.3) is 5.91 Å². The molecule has 164 valence electrons. The van der Waals surface area contributed by atoms with Crippen molar-refractivity contribution in [3.63, 3.8) is 0 Å². The Morgan fingerprint density at radius 1 is 1.16 bits per heavy atom. The van der Waals surface area contributed by atoms with Crippen LogP contribution in [-0.4, -0.2) is 44.6 Å². The van der Waals surface area contributed by atoms with E-state index in [1.807, 2.05) is 44.2 Å². The average Bonchev–Trinajstić information content (AvgIpc) is 3.44. The zero-order valence-electron chi connectivity index (χ0n) is 18.3. The SMILES string of the molecule is CCN(Cc1ccccc1)C(=O)CNC(=O)c1cc(-c2ccco2)nc2c1c(C)nn2C. The zero-order valence-corrected chi connectivity index (χ0v) is 18.3. The highest BCUT2D eigenvalue weighted by molar-refractivity contribution is 6.08. The number of aryl methyl sites for hydroxylation is 2. The smallest absolute Gasteiger partial charge is 0.252 e. The number of hydrogen-bond acceptors (Lipinski definition) is 5. The number of nitrogens with one attached hydrogen (secondary N) is 1. The van der Waals surface area contributed by atoms with E-state index in [4.69, 9.17) is 4.42 Å². The Bertz CT molecular complexity index is 1250. The van der Waals surface area contributed by atoms with Crippen LogP contribution in [0.2, 0.25) is 0 Å². The lowest BCUT2D eigenvalue weighted by Gasteiger charge is -2.21. The number of pyridine rings is 1. The lowest BCUT2D eigenvalue weighted by molar-refractivity contribution is -0.130. The minimum Gasteiger partial charge on any atom is -0.463 e. The van der Waals surface area contributed by atoms with Crippen LogP contribution in [0.1, 0.15) is 28.5 Å². The third-order valence-electron chi connectivity index (χ3n) is 5.34. The fraction of sp³-hybridized carbons (Fsp3) is 0.250. The van der Waals surface area contributed by atoms with E-state index in [0.29, 0.717) is 46.8 Å². The molecule has 4 rings (SSSR count). The van der Waals surface area contributed by atoms with Crippen molar-refractivity contribution in [1.29, 1.82) is 0 Å². The van der Waals surface area contributed by atoms with E-state index in [1.165, 1.54) is 0 Å². The van der Waals surface area contributed by atoms with Crippen molar-refractivity contribution < 1.29 is 14.0 Å². The van der Waals surface area contributed by atoms with Crippen LogP contribution in [-0.2, 0) is 18.4 Å². The van der Waals surface area contributed by atoms with Gasteiger partial charge in [-0.25, -0.2) is 4.98 Å². The van der Waals surface area contributed by atoms with Crippen LogP contribution in [0.25, 0.3) is 22.5 Å². The predicted molar refractivity (Wildman–Crippen MR) is 121 cm³/mol. The van der Waals surface area contributed by atoms with E-state index in [0.717, 1.165) is 5.56 Å². The molecule has 0 aliphatic rings. The summed E-state index contributed by atoms with van der Waals surface area (Å²) >= 11 is 0. The Labute approximate surface area is 185 Å². The quantitative estimate of drug-likeness (QED) is 0.485. The van der Waals surface area contributed by atoms with Crippen molar-refractivity contribution in [2.75, 3.05) is 13.1 Å². The number of amides is 2. The van der Waals surface area contributed by atoms with Gasteiger partial charge in [-0.15, -0.1) is 0 Å². The Balaban J connectivity index is 1.56. The van der Waals surface area contributed by atoms with E-state index in [2.05, 4.69) is 15.4 Å². The van der Waals surface area contributed by atoms with Crippen LogP contribution in [0, 0.1) is 6.92 Å². The molecule has 32 heavy (non-hydrogen) atoms. The van der Waals surface area contributed by atoms with E-state index in [9.17, 15) is 9.59 Å². The molecule has 3 aromatic heterocycles. The first kappa shape index (κ1) is 21.3. The topological polar surface area (TPSA) is 93.3 Å². The number of likely N-dealkylation sites (N-methyl/N-ethyl adjacent to an activating group) is 1. The number of nitrogens with zero attached hydrogens (tertiary/aromatic N) is 4. The molecule has 4 aromatic rings. The molecular weight excluding hydrogens is 406 g/mol. The first-order chi connectivity index (χ1) is 15.5. The number of benzene rings is 1. The zero-order chi connectivity index (χ0) is 22.7. The van der Waals surface area contributed by atoms with Gasteiger partial charge in [-0.05, 0) is 37.6 Å². The van der Waals surface area contributed by atoms with Gasteiger partial charge >= 0.3 is 0 Å². The summed E-state index contributed by atoms with van der Waals surface area (Å²) in [7, 11) is 1.78. The molecule has 0 atom stereocenters. The van der Waals surface area contributed by atoms with Gasteiger partial charge < -0.3 is 14.6 Å². The molecular formula is C24H25N5O3. The van der Waals surface area contributed by atoms with Crippen molar-refractivity contribution in [2.45, 2.75) is 20.4 Å². The maximum absolute atomic E-state index is 13.1. The van der Waals surface area contributed by atoms with E-state index in [1.54, 1.807) is 41.1 Å². The largest absolute Gasteiger partial charge is 0.463 e. The van der Waals surface area contributed by atoms with E-state index >= 15 is 0 Å². The fourth-order valence-corrected chi connectivity index (χ4v) is 3.72.